The Kier molecular flexibility index (Phi) is 13.7. The van der Waals surface area contributed by atoms with E-state index in [4.69, 9.17) is 14.2 Å². The second-order valence-electron chi connectivity index (χ2n) is 12.6. The summed E-state index contributed by atoms with van der Waals surface area (Å²) < 4.78 is 15.9. The van der Waals surface area contributed by atoms with E-state index in [0.29, 0.717) is 0 Å². The molecule has 0 heterocycles. The van der Waals surface area contributed by atoms with Crippen LogP contribution < -0.4 is 16.0 Å². The average Bonchev–Trinajstić information content (AvgIpc) is 3.04. The number of ether oxygens (including phenoxy) is 3. The monoisotopic (exact) mass is 659 g/mol. The molecular formula is C37H45N3O8. The molecule has 0 spiro atoms. The van der Waals surface area contributed by atoms with Crippen molar-refractivity contribution in [2.45, 2.75) is 77.8 Å². The maximum atomic E-state index is 13.9. The number of rotatable bonds is 15. The Hall–Kier alpha value is -5.19. The first-order valence-electron chi connectivity index (χ1n) is 15.8. The Labute approximate surface area is 281 Å². The van der Waals surface area contributed by atoms with Crippen LogP contribution in [0.3, 0.4) is 0 Å². The maximum Gasteiger partial charge on any atom is 0.408 e. The average molecular weight is 660 g/mol. The standard InChI is InChI=1S/C37H45N3O8/c1-7-20-46-35(44)32(24(2)3)40-34(43)29(21-27-18-13-17-26-16-11-12-19-28(26)27)38-33(42)30(22-31(41)48-37(4,5)6)39-36(45)47-23-25-14-9-8-10-15-25/h7-19,24,29-30,32H,1,20-23H2,2-6H3,(H,38,42)(H,39,45)(H,40,43)/t29-,30-,32-/m0/s1. The molecule has 3 aromatic carbocycles. The molecular weight excluding hydrogens is 614 g/mol. The number of benzene rings is 3. The van der Waals surface area contributed by atoms with E-state index in [1.165, 1.54) is 6.08 Å². The molecule has 11 nitrogen and oxygen atoms in total. The highest BCUT2D eigenvalue weighted by atomic mass is 16.6. The van der Waals surface area contributed by atoms with E-state index >= 15 is 0 Å². The van der Waals surface area contributed by atoms with Crippen molar-refractivity contribution in [2.75, 3.05) is 6.61 Å². The lowest BCUT2D eigenvalue weighted by atomic mass is 9.97. The van der Waals surface area contributed by atoms with Gasteiger partial charge in [0.1, 0.15) is 36.9 Å². The molecule has 11 heteroatoms. The molecule has 0 bridgehead atoms. The first-order chi connectivity index (χ1) is 22.8. The number of carbonyl (C=O) groups is 5. The molecule has 0 aliphatic heterocycles. The second kappa shape index (κ2) is 17.7. The van der Waals surface area contributed by atoms with Gasteiger partial charge in [-0.1, -0.05) is 99.3 Å². The largest absolute Gasteiger partial charge is 0.460 e. The zero-order valence-electron chi connectivity index (χ0n) is 28.1. The third-order valence-electron chi connectivity index (χ3n) is 7.11. The summed E-state index contributed by atoms with van der Waals surface area (Å²) in [5.74, 6) is -3.23. The van der Waals surface area contributed by atoms with E-state index in [0.717, 1.165) is 21.9 Å². The number of carbonyl (C=O) groups excluding carboxylic acids is 5. The van der Waals surface area contributed by atoms with Crippen molar-refractivity contribution < 1.29 is 38.2 Å². The normalized spacial score (nSPS) is 13.0. The molecule has 3 atom stereocenters. The van der Waals surface area contributed by atoms with Gasteiger partial charge >= 0.3 is 18.0 Å². The summed E-state index contributed by atoms with van der Waals surface area (Å²) in [6.45, 7) is 12.0. The van der Waals surface area contributed by atoms with Gasteiger partial charge in [-0.05, 0) is 48.6 Å². The predicted molar refractivity (Wildman–Crippen MR) is 182 cm³/mol. The van der Waals surface area contributed by atoms with Crippen molar-refractivity contribution >= 4 is 40.6 Å². The van der Waals surface area contributed by atoms with E-state index in [9.17, 15) is 24.0 Å². The summed E-state index contributed by atoms with van der Waals surface area (Å²) in [5, 5.41) is 9.68. The smallest absolute Gasteiger partial charge is 0.408 e. The van der Waals surface area contributed by atoms with Gasteiger partial charge in [0.2, 0.25) is 11.8 Å². The fraction of sp³-hybridized carbons (Fsp3) is 0.378. The van der Waals surface area contributed by atoms with Gasteiger partial charge in [-0.3, -0.25) is 14.4 Å². The van der Waals surface area contributed by atoms with Crippen molar-refractivity contribution in [3.8, 4) is 0 Å². The number of nitrogens with one attached hydrogen (secondary N) is 3. The number of fused-ring (bicyclic) bond motifs is 1. The molecule has 3 rings (SSSR count). The van der Waals surface area contributed by atoms with Gasteiger partial charge < -0.3 is 30.2 Å². The van der Waals surface area contributed by atoms with Crippen LogP contribution >= 0.6 is 0 Å². The van der Waals surface area contributed by atoms with Crippen molar-refractivity contribution in [1.82, 2.24) is 16.0 Å². The SMILES string of the molecule is C=CCOC(=O)[C@@H](NC(=O)[C@H](Cc1cccc2ccccc12)NC(=O)[C@H](CC(=O)OC(C)(C)C)NC(=O)OCc1ccccc1)C(C)C. The van der Waals surface area contributed by atoms with Gasteiger partial charge in [-0.25, -0.2) is 9.59 Å². The number of esters is 2. The van der Waals surface area contributed by atoms with Crippen molar-refractivity contribution in [2.24, 2.45) is 5.92 Å². The summed E-state index contributed by atoms with van der Waals surface area (Å²) in [7, 11) is 0. The van der Waals surface area contributed by atoms with Crippen LogP contribution in [0.25, 0.3) is 10.8 Å². The Morgan fingerprint density at radius 2 is 1.44 bits per heavy atom. The Morgan fingerprint density at radius 1 is 0.792 bits per heavy atom. The van der Waals surface area contributed by atoms with Crippen LogP contribution in [0.2, 0.25) is 0 Å². The first-order valence-corrected chi connectivity index (χ1v) is 15.8. The fourth-order valence-electron chi connectivity index (χ4n) is 4.82. The molecule has 0 saturated carbocycles. The third-order valence-corrected chi connectivity index (χ3v) is 7.11. The summed E-state index contributed by atoms with van der Waals surface area (Å²) >= 11 is 0. The summed E-state index contributed by atoms with van der Waals surface area (Å²) in [5.41, 5.74) is 0.621. The Balaban J connectivity index is 1.90. The van der Waals surface area contributed by atoms with Gasteiger partial charge in [0.15, 0.2) is 0 Å². The molecule has 3 amide bonds. The fourth-order valence-corrected chi connectivity index (χ4v) is 4.82. The van der Waals surface area contributed by atoms with Gasteiger partial charge in [-0.15, -0.1) is 0 Å². The minimum Gasteiger partial charge on any atom is -0.460 e. The highest BCUT2D eigenvalue weighted by Crippen LogP contribution is 2.20. The number of hydrogen-bond acceptors (Lipinski definition) is 8. The van der Waals surface area contributed by atoms with Crippen molar-refractivity contribution in [3.05, 3.63) is 96.6 Å². The summed E-state index contributed by atoms with van der Waals surface area (Å²) in [6, 6.07) is 18.4. The van der Waals surface area contributed by atoms with Gasteiger partial charge in [0.25, 0.3) is 0 Å². The number of hydrogen-bond donors (Lipinski definition) is 3. The lowest BCUT2D eigenvalue weighted by Crippen LogP contribution is -2.57. The summed E-state index contributed by atoms with van der Waals surface area (Å²) in [4.78, 5) is 66.2. The molecule has 0 radical (unpaired) electrons. The molecule has 0 aromatic heterocycles. The minimum absolute atomic E-state index is 0.0308. The Morgan fingerprint density at radius 3 is 2.10 bits per heavy atom. The predicted octanol–water partition coefficient (Wildman–Crippen LogP) is 4.76. The summed E-state index contributed by atoms with van der Waals surface area (Å²) in [6.07, 6.45) is -0.0245. The second-order valence-corrected chi connectivity index (χ2v) is 12.6. The third kappa shape index (κ3) is 11.9. The van der Waals surface area contributed by atoms with Crippen molar-refractivity contribution in [1.29, 1.82) is 0 Å². The van der Waals surface area contributed by atoms with Crippen molar-refractivity contribution in [3.63, 3.8) is 0 Å². The van der Waals surface area contributed by atoms with Crippen LogP contribution in [-0.2, 0) is 46.4 Å². The number of alkyl carbamates (subject to hydrolysis) is 1. The zero-order valence-corrected chi connectivity index (χ0v) is 28.1. The molecule has 256 valence electrons. The van der Waals surface area contributed by atoms with E-state index < -0.39 is 60.0 Å². The molecule has 0 aliphatic carbocycles. The van der Waals surface area contributed by atoms with E-state index in [2.05, 4.69) is 22.5 Å². The van der Waals surface area contributed by atoms with E-state index in [-0.39, 0.29) is 25.6 Å². The quantitative estimate of drug-likeness (QED) is 0.120. The number of amides is 3. The Bertz CT molecular complexity index is 1580. The zero-order chi connectivity index (χ0) is 35.3. The van der Waals surface area contributed by atoms with Crippen LogP contribution in [-0.4, -0.2) is 60.2 Å². The van der Waals surface area contributed by atoms with Gasteiger partial charge in [0.05, 0.1) is 6.42 Å². The topological polar surface area (TPSA) is 149 Å². The highest BCUT2D eigenvalue weighted by Gasteiger charge is 2.33. The van der Waals surface area contributed by atoms with Crippen LogP contribution in [0.4, 0.5) is 4.79 Å². The van der Waals surface area contributed by atoms with Crippen LogP contribution in [0.1, 0.15) is 52.2 Å². The lowest BCUT2D eigenvalue weighted by Gasteiger charge is -2.27. The molecule has 3 N–H and O–H groups in total. The van der Waals surface area contributed by atoms with Crippen LogP contribution in [0.15, 0.2) is 85.5 Å². The van der Waals surface area contributed by atoms with Crippen LogP contribution in [0.5, 0.6) is 0 Å². The van der Waals surface area contributed by atoms with E-state index in [1.54, 1.807) is 58.9 Å². The first kappa shape index (κ1) is 37.3. The molecule has 0 unspecified atom stereocenters. The lowest BCUT2D eigenvalue weighted by molar-refractivity contribution is -0.156. The molecule has 3 aromatic rings. The maximum absolute atomic E-state index is 13.9. The van der Waals surface area contributed by atoms with Gasteiger partial charge in [0, 0.05) is 6.42 Å². The van der Waals surface area contributed by atoms with Gasteiger partial charge in [-0.2, -0.15) is 0 Å². The molecule has 0 saturated heterocycles. The molecule has 0 fully saturated rings. The molecule has 0 aliphatic rings. The molecule has 48 heavy (non-hydrogen) atoms. The van der Waals surface area contributed by atoms with Crippen LogP contribution in [0, 0.1) is 5.92 Å². The highest BCUT2D eigenvalue weighted by molar-refractivity contribution is 5.95. The minimum atomic E-state index is -1.45. The van der Waals surface area contributed by atoms with E-state index in [1.807, 2.05) is 48.5 Å².